The third kappa shape index (κ3) is 6.16. The van der Waals surface area contributed by atoms with Gasteiger partial charge in [-0.05, 0) is 42.8 Å². The molecule has 0 bridgehead atoms. The fourth-order valence-corrected chi connectivity index (χ4v) is 3.96. The summed E-state index contributed by atoms with van der Waals surface area (Å²) in [4.78, 5) is 41.5. The molecule has 0 unspecified atom stereocenters. The summed E-state index contributed by atoms with van der Waals surface area (Å²) in [7, 11) is 0. The standard InChI is InChI=1S/C27H28N8O7/c28-19(12-34(30)15-2-4-17(26(39)40)23(36)10-15)21-8-14(25(38)33-6-1-7-33)9-22(32-21)20(29)13-35(31)16-3-5-18(27(41)42)24(37)11-16/h2-5,8-13,36-37H,1,6-7,28-31H2,(H,39,40)(H,41,42)/b19-12-,20-13-. The summed E-state index contributed by atoms with van der Waals surface area (Å²) in [5.41, 5.74) is 12.9. The second-order valence-corrected chi connectivity index (χ2v) is 9.27. The zero-order valence-electron chi connectivity index (χ0n) is 22.0. The Bertz CT molecular complexity index is 1530. The minimum atomic E-state index is -1.31. The fraction of sp³-hybridized carbons (Fsp3) is 0.111. The molecule has 218 valence electrons. The van der Waals surface area contributed by atoms with Crippen LogP contribution in [0, 0.1) is 0 Å². The van der Waals surface area contributed by atoms with Gasteiger partial charge in [0.15, 0.2) is 0 Å². The maximum Gasteiger partial charge on any atom is 0.339 e. The van der Waals surface area contributed by atoms with E-state index in [9.17, 15) is 24.6 Å². The number of nitrogens with two attached hydrogens (primary N) is 4. The van der Waals surface area contributed by atoms with Gasteiger partial charge in [0.05, 0.1) is 34.2 Å². The Kier molecular flexibility index (Phi) is 8.16. The van der Waals surface area contributed by atoms with E-state index in [0.717, 1.165) is 28.6 Å². The molecule has 1 aliphatic heterocycles. The Balaban J connectivity index is 1.69. The second kappa shape index (κ2) is 11.7. The van der Waals surface area contributed by atoms with Gasteiger partial charge in [0, 0.05) is 43.2 Å². The third-order valence-electron chi connectivity index (χ3n) is 6.38. The number of nitrogens with zero attached hydrogens (tertiary/aromatic N) is 4. The number of likely N-dealkylation sites (tertiary alicyclic amines) is 1. The van der Waals surface area contributed by atoms with E-state index in [4.69, 9.17) is 33.4 Å². The number of phenols is 2. The predicted octanol–water partition coefficient (Wildman–Crippen LogP) is 1.01. The highest BCUT2D eigenvalue weighted by molar-refractivity contribution is 5.96. The number of pyridine rings is 1. The number of carbonyl (C=O) groups excluding carboxylic acids is 1. The van der Waals surface area contributed by atoms with Crippen LogP contribution in [0.25, 0.3) is 11.4 Å². The number of hydrogen-bond acceptors (Lipinski definition) is 12. The van der Waals surface area contributed by atoms with Crippen LogP contribution in [0.3, 0.4) is 0 Å². The molecular weight excluding hydrogens is 548 g/mol. The highest BCUT2D eigenvalue weighted by atomic mass is 16.4. The topological polar surface area (TPSA) is 259 Å². The van der Waals surface area contributed by atoms with E-state index >= 15 is 0 Å². The number of aromatic hydroxyl groups is 2. The quantitative estimate of drug-likeness (QED) is 0.131. The van der Waals surface area contributed by atoms with E-state index in [0.29, 0.717) is 13.1 Å². The molecule has 0 saturated carbocycles. The average molecular weight is 577 g/mol. The van der Waals surface area contributed by atoms with Gasteiger partial charge in [-0.2, -0.15) is 0 Å². The van der Waals surface area contributed by atoms with Gasteiger partial charge < -0.3 is 36.8 Å². The van der Waals surface area contributed by atoms with Gasteiger partial charge in [0.1, 0.15) is 22.6 Å². The molecule has 2 aromatic carbocycles. The van der Waals surface area contributed by atoms with Crippen molar-refractivity contribution in [3.05, 3.63) is 89.0 Å². The first-order valence-electron chi connectivity index (χ1n) is 12.3. The van der Waals surface area contributed by atoms with Crippen LogP contribution in [0.15, 0.2) is 60.9 Å². The molecule has 4 rings (SSSR count). The SMILES string of the molecule is N/C(=C\N(N)c1ccc(C(=O)O)c(O)c1)c1cc(C(=O)N2CCC2)cc(/C(N)=C/N(N)c2ccc(C(=O)O)c(O)c2)n1. The van der Waals surface area contributed by atoms with Gasteiger partial charge in [-0.15, -0.1) is 0 Å². The first-order chi connectivity index (χ1) is 19.8. The molecule has 0 radical (unpaired) electrons. The normalized spacial score (nSPS) is 13.3. The fourth-order valence-electron chi connectivity index (χ4n) is 3.96. The smallest absolute Gasteiger partial charge is 0.339 e. The van der Waals surface area contributed by atoms with Gasteiger partial charge in [-0.3, -0.25) is 14.8 Å². The molecule has 1 fully saturated rings. The molecule has 42 heavy (non-hydrogen) atoms. The number of rotatable bonds is 9. The molecule has 0 aliphatic carbocycles. The minimum Gasteiger partial charge on any atom is -0.507 e. The summed E-state index contributed by atoms with van der Waals surface area (Å²) in [6.45, 7) is 1.17. The molecule has 15 nitrogen and oxygen atoms in total. The van der Waals surface area contributed by atoms with Crippen molar-refractivity contribution in [3.8, 4) is 11.5 Å². The van der Waals surface area contributed by atoms with Crippen molar-refractivity contribution in [1.29, 1.82) is 0 Å². The lowest BCUT2D eigenvalue weighted by Crippen LogP contribution is -2.42. The third-order valence-corrected chi connectivity index (χ3v) is 6.38. The van der Waals surface area contributed by atoms with E-state index in [1.165, 1.54) is 48.8 Å². The van der Waals surface area contributed by atoms with Crippen molar-refractivity contribution in [2.45, 2.75) is 6.42 Å². The number of carboxylic acid groups (broad SMARTS) is 2. The summed E-state index contributed by atoms with van der Waals surface area (Å²) in [5.74, 6) is 8.25. The first-order valence-corrected chi connectivity index (χ1v) is 12.3. The minimum absolute atomic E-state index is 0.00500. The van der Waals surface area contributed by atoms with Crippen molar-refractivity contribution in [2.24, 2.45) is 23.2 Å². The van der Waals surface area contributed by atoms with Crippen LogP contribution in [0.2, 0.25) is 0 Å². The highest BCUT2D eigenvalue weighted by Gasteiger charge is 2.23. The highest BCUT2D eigenvalue weighted by Crippen LogP contribution is 2.26. The molecule has 1 aromatic heterocycles. The van der Waals surface area contributed by atoms with Gasteiger partial charge in [0.2, 0.25) is 0 Å². The number of benzene rings is 2. The summed E-state index contributed by atoms with van der Waals surface area (Å²) in [5, 5.41) is 40.3. The average Bonchev–Trinajstić information content (AvgIpc) is 2.91. The van der Waals surface area contributed by atoms with Gasteiger partial charge >= 0.3 is 11.9 Å². The van der Waals surface area contributed by atoms with Crippen molar-refractivity contribution in [1.82, 2.24) is 9.88 Å². The number of aromatic nitrogens is 1. The number of hydrogen-bond donors (Lipinski definition) is 8. The number of anilines is 2. The molecule has 2 heterocycles. The van der Waals surface area contributed by atoms with Gasteiger partial charge in [0.25, 0.3) is 5.91 Å². The van der Waals surface area contributed by atoms with E-state index in [1.807, 2.05) is 0 Å². The number of carboxylic acids is 2. The lowest BCUT2D eigenvalue weighted by atomic mass is 10.1. The number of carbonyl (C=O) groups is 3. The number of hydrazine groups is 2. The van der Waals surface area contributed by atoms with Gasteiger partial charge in [-0.25, -0.2) is 26.3 Å². The first kappa shape index (κ1) is 29.2. The van der Waals surface area contributed by atoms with E-state index in [1.54, 1.807) is 4.90 Å². The number of amides is 1. The van der Waals surface area contributed by atoms with Crippen LogP contribution in [0.1, 0.15) is 48.9 Å². The molecule has 0 atom stereocenters. The monoisotopic (exact) mass is 576 g/mol. The van der Waals surface area contributed by atoms with Crippen LogP contribution < -0.4 is 33.2 Å². The zero-order valence-corrected chi connectivity index (χ0v) is 22.0. The Morgan fingerprint density at radius 1 is 0.762 bits per heavy atom. The van der Waals surface area contributed by atoms with E-state index < -0.39 is 23.4 Å². The Labute approximate surface area is 238 Å². The maximum atomic E-state index is 13.1. The van der Waals surface area contributed by atoms with Crippen LogP contribution in [-0.4, -0.2) is 61.2 Å². The molecule has 1 saturated heterocycles. The number of aromatic carboxylic acids is 2. The Morgan fingerprint density at radius 3 is 1.52 bits per heavy atom. The van der Waals surface area contributed by atoms with Crippen LogP contribution in [0.4, 0.5) is 11.4 Å². The summed E-state index contributed by atoms with van der Waals surface area (Å²) >= 11 is 0. The van der Waals surface area contributed by atoms with Gasteiger partial charge in [-0.1, -0.05) is 0 Å². The largest absolute Gasteiger partial charge is 0.507 e. The zero-order chi connectivity index (χ0) is 30.7. The van der Waals surface area contributed by atoms with Crippen LogP contribution in [-0.2, 0) is 0 Å². The molecule has 12 N–H and O–H groups in total. The lowest BCUT2D eigenvalue weighted by Gasteiger charge is -2.31. The van der Waals surface area contributed by atoms with Crippen molar-refractivity contribution >= 4 is 40.6 Å². The van der Waals surface area contributed by atoms with Crippen molar-refractivity contribution in [2.75, 3.05) is 23.1 Å². The van der Waals surface area contributed by atoms with Crippen LogP contribution >= 0.6 is 0 Å². The predicted molar refractivity (Wildman–Crippen MR) is 153 cm³/mol. The van der Waals surface area contributed by atoms with E-state index in [-0.39, 0.29) is 56.8 Å². The Morgan fingerprint density at radius 2 is 1.19 bits per heavy atom. The van der Waals surface area contributed by atoms with Crippen molar-refractivity contribution in [3.63, 3.8) is 0 Å². The summed E-state index contributed by atoms with van der Waals surface area (Å²) in [6, 6.07) is 10.3. The molecule has 15 heteroatoms. The molecule has 0 spiro atoms. The maximum absolute atomic E-state index is 13.1. The van der Waals surface area contributed by atoms with Crippen molar-refractivity contribution < 1.29 is 34.8 Å². The lowest BCUT2D eigenvalue weighted by molar-refractivity contribution is 0.0648. The summed E-state index contributed by atoms with van der Waals surface area (Å²) < 4.78 is 0. The summed E-state index contributed by atoms with van der Waals surface area (Å²) in [6.07, 6.45) is 3.40. The molecule has 1 amide bonds. The molecular formula is C27H28N8O7. The van der Waals surface area contributed by atoms with E-state index in [2.05, 4.69) is 4.98 Å². The molecule has 3 aromatic rings. The second-order valence-electron chi connectivity index (χ2n) is 9.27. The molecule has 1 aliphatic rings. The van der Waals surface area contributed by atoms with Crippen LogP contribution in [0.5, 0.6) is 11.5 Å². The Hall–Kier alpha value is -5.80.